The Labute approximate surface area is 118 Å². The van der Waals surface area contributed by atoms with E-state index >= 15 is 0 Å². The number of aromatic nitrogens is 7. The van der Waals surface area contributed by atoms with Crippen molar-refractivity contribution in [2.75, 3.05) is 0 Å². The Morgan fingerprint density at radius 1 is 1.10 bits per heavy atom. The van der Waals surface area contributed by atoms with E-state index < -0.39 is 0 Å². The highest BCUT2D eigenvalue weighted by Gasteiger charge is 2.12. The van der Waals surface area contributed by atoms with Crippen LogP contribution in [-0.4, -0.2) is 34.1 Å². The molecule has 0 saturated heterocycles. The van der Waals surface area contributed by atoms with Crippen molar-refractivity contribution in [1.82, 2.24) is 34.1 Å². The lowest BCUT2D eigenvalue weighted by atomic mass is 10.3. The average Bonchev–Trinajstić information content (AvgIpc) is 3.07. The molecule has 0 saturated carbocycles. The van der Waals surface area contributed by atoms with Gasteiger partial charge in [0, 0.05) is 18.5 Å². The second-order valence-corrected chi connectivity index (χ2v) is 4.73. The van der Waals surface area contributed by atoms with Gasteiger partial charge in [-0.15, -0.1) is 10.2 Å². The number of rotatable bonds is 1. The molecule has 0 amide bonds. The molecular weight excluding hydrogens is 270 g/mol. The minimum Gasteiger partial charge on any atom is -0.267 e. The Bertz CT molecular complexity index is 1020. The van der Waals surface area contributed by atoms with Gasteiger partial charge in [-0.25, -0.2) is 18.9 Å². The van der Waals surface area contributed by atoms with Crippen LogP contribution in [0.4, 0.5) is 0 Å². The number of hydrogen-bond donors (Lipinski definition) is 0. The van der Waals surface area contributed by atoms with Crippen LogP contribution in [-0.2, 0) is 0 Å². The maximum atomic E-state index is 12.7. The first-order valence-electron chi connectivity index (χ1n) is 6.40. The predicted molar refractivity (Wildman–Crippen MR) is 75.0 cm³/mol. The molecule has 0 aliphatic carbocycles. The lowest BCUT2D eigenvalue weighted by Gasteiger charge is -2.10. The van der Waals surface area contributed by atoms with Crippen molar-refractivity contribution in [3.8, 4) is 0 Å². The molecule has 0 fully saturated rings. The predicted octanol–water partition coefficient (Wildman–Crippen LogP) is 0.564. The summed E-state index contributed by atoms with van der Waals surface area (Å²) >= 11 is 0. The van der Waals surface area contributed by atoms with Gasteiger partial charge in [0.25, 0.3) is 5.56 Å². The summed E-state index contributed by atoms with van der Waals surface area (Å²) in [4.78, 5) is 16.9. The first-order valence-corrected chi connectivity index (χ1v) is 6.40. The Morgan fingerprint density at radius 2 is 1.86 bits per heavy atom. The third-order valence-corrected chi connectivity index (χ3v) is 3.43. The van der Waals surface area contributed by atoms with Gasteiger partial charge in [0.05, 0.1) is 17.1 Å². The lowest BCUT2D eigenvalue weighted by molar-refractivity contribution is 0.594. The highest BCUT2D eigenvalue weighted by atomic mass is 16.1. The summed E-state index contributed by atoms with van der Waals surface area (Å²) < 4.78 is 4.78. The van der Waals surface area contributed by atoms with Gasteiger partial charge in [-0.1, -0.05) is 0 Å². The van der Waals surface area contributed by atoms with Crippen LogP contribution in [0.5, 0.6) is 0 Å². The fourth-order valence-corrected chi connectivity index (χ4v) is 2.48. The van der Waals surface area contributed by atoms with Gasteiger partial charge < -0.3 is 0 Å². The van der Waals surface area contributed by atoms with Crippen molar-refractivity contribution in [1.29, 1.82) is 0 Å². The summed E-state index contributed by atoms with van der Waals surface area (Å²) in [6, 6.07) is 3.62. The van der Waals surface area contributed by atoms with Crippen LogP contribution in [0.25, 0.3) is 16.6 Å². The molecule has 0 aliphatic rings. The Hall–Kier alpha value is -3.03. The van der Waals surface area contributed by atoms with E-state index in [4.69, 9.17) is 0 Å². The third kappa shape index (κ3) is 1.52. The van der Waals surface area contributed by atoms with Crippen molar-refractivity contribution in [3.63, 3.8) is 0 Å². The van der Waals surface area contributed by atoms with Crippen LogP contribution in [0.15, 0.2) is 35.5 Å². The number of hydrogen-bond acceptors (Lipinski definition) is 5. The zero-order valence-corrected chi connectivity index (χ0v) is 11.4. The van der Waals surface area contributed by atoms with E-state index in [0.717, 1.165) is 5.52 Å². The van der Waals surface area contributed by atoms with E-state index in [2.05, 4.69) is 20.3 Å². The van der Waals surface area contributed by atoms with Gasteiger partial charge >= 0.3 is 0 Å². The standard InChI is InChI=1S/C13H11N7O/c1-8-16-17-9(2)20(8)18-6-4-11-10(13(18)21)7-14-12-3-5-15-19(11)12/h3-7H,1-2H3. The van der Waals surface area contributed by atoms with Crippen LogP contribution in [0, 0.1) is 13.8 Å². The largest absolute Gasteiger partial charge is 0.280 e. The second kappa shape index (κ2) is 3.98. The molecule has 4 aromatic heterocycles. The van der Waals surface area contributed by atoms with Crippen LogP contribution in [0.2, 0.25) is 0 Å². The smallest absolute Gasteiger partial charge is 0.267 e. The molecule has 21 heavy (non-hydrogen) atoms. The topological polar surface area (TPSA) is 82.9 Å². The van der Waals surface area contributed by atoms with Crippen LogP contribution < -0.4 is 5.56 Å². The molecule has 0 atom stereocenters. The Morgan fingerprint density at radius 3 is 2.62 bits per heavy atom. The summed E-state index contributed by atoms with van der Waals surface area (Å²) in [5, 5.41) is 12.6. The Kier molecular flexibility index (Phi) is 2.23. The van der Waals surface area contributed by atoms with Gasteiger partial charge in [0.15, 0.2) is 5.65 Å². The molecule has 0 spiro atoms. The molecule has 104 valence electrons. The summed E-state index contributed by atoms with van der Waals surface area (Å²) in [6.07, 6.45) is 4.91. The molecule has 0 bridgehead atoms. The van der Waals surface area contributed by atoms with E-state index in [1.165, 1.54) is 4.68 Å². The third-order valence-electron chi connectivity index (χ3n) is 3.43. The quantitative estimate of drug-likeness (QED) is 0.509. The molecule has 0 aromatic carbocycles. The van der Waals surface area contributed by atoms with Crippen LogP contribution in [0.3, 0.4) is 0 Å². The summed E-state index contributed by atoms with van der Waals surface area (Å²) in [6.45, 7) is 3.59. The van der Waals surface area contributed by atoms with Gasteiger partial charge in [-0.05, 0) is 19.9 Å². The van der Waals surface area contributed by atoms with Gasteiger partial charge in [0.1, 0.15) is 11.6 Å². The van der Waals surface area contributed by atoms with Crippen molar-refractivity contribution >= 4 is 16.6 Å². The fourth-order valence-electron chi connectivity index (χ4n) is 2.48. The van der Waals surface area contributed by atoms with Gasteiger partial charge in [-0.2, -0.15) is 5.10 Å². The van der Waals surface area contributed by atoms with E-state index in [1.807, 2.05) is 6.07 Å². The SMILES string of the molecule is Cc1nnc(C)n1-n1ccc2c(cnc3ccnn32)c1=O. The number of aryl methyl sites for hydroxylation is 2. The molecule has 0 radical (unpaired) electrons. The van der Waals surface area contributed by atoms with E-state index in [1.54, 1.807) is 47.7 Å². The summed E-state index contributed by atoms with van der Waals surface area (Å²) in [5.74, 6) is 1.28. The van der Waals surface area contributed by atoms with E-state index in [9.17, 15) is 4.79 Å². The number of nitrogens with zero attached hydrogens (tertiary/aromatic N) is 7. The molecule has 4 heterocycles. The minimum atomic E-state index is -0.191. The molecule has 8 nitrogen and oxygen atoms in total. The van der Waals surface area contributed by atoms with Crippen molar-refractivity contribution < 1.29 is 0 Å². The van der Waals surface area contributed by atoms with Crippen LogP contribution >= 0.6 is 0 Å². The van der Waals surface area contributed by atoms with E-state index in [0.29, 0.717) is 22.7 Å². The Balaban J connectivity index is 2.12. The van der Waals surface area contributed by atoms with E-state index in [-0.39, 0.29) is 5.56 Å². The summed E-state index contributed by atoms with van der Waals surface area (Å²) in [7, 11) is 0. The molecule has 0 unspecified atom stereocenters. The molecule has 0 aliphatic heterocycles. The number of fused-ring (bicyclic) bond motifs is 3. The van der Waals surface area contributed by atoms with Crippen molar-refractivity contribution in [3.05, 3.63) is 52.7 Å². The highest BCUT2D eigenvalue weighted by molar-refractivity contribution is 5.78. The normalized spacial score (nSPS) is 11.5. The van der Waals surface area contributed by atoms with Gasteiger partial charge in [0.2, 0.25) is 0 Å². The molecule has 4 aromatic rings. The zero-order valence-electron chi connectivity index (χ0n) is 11.4. The maximum Gasteiger partial charge on any atom is 0.280 e. The lowest BCUT2D eigenvalue weighted by Crippen LogP contribution is -2.27. The fraction of sp³-hybridized carbons (Fsp3) is 0.154. The average molecular weight is 281 g/mol. The molecule has 0 N–H and O–H groups in total. The molecular formula is C13H11N7O. The first kappa shape index (κ1) is 11.8. The number of pyridine rings is 1. The zero-order chi connectivity index (χ0) is 14.6. The minimum absolute atomic E-state index is 0.191. The van der Waals surface area contributed by atoms with Crippen molar-refractivity contribution in [2.45, 2.75) is 13.8 Å². The van der Waals surface area contributed by atoms with Crippen LogP contribution in [0.1, 0.15) is 11.6 Å². The van der Waals surface area contributed by atoms with Gasteiger partial charge in [-0.3, -0.25) is 4.79 Å². The van der Waals surface area contributed by atoms with Crippen molar-refractivity contribution in [2.24, 2.45) is 0 Å². The second-order valence-electron chi connectivity index (χ2n) is 4.73. The maximum absolute atomic E-state index is 12.7. The highest BCUT2D eigenvalue weighted by Crippen LogP contribution is 2.11. The summed E-state index contributed by atoms with van der Waals surface area (Å²) in [5.41, 5.74) is 1.23. The molecule has 8 heteroatoms. The molecule has 4 rings (SSSR count). The first-order chi connectivity index (χ1) is 10.2. The monoisotopic (exact) mass is 281 g/mol.